The smallest absolute Gasteiger partial charge is 0.411 e. The fraction of sp³-hybridized carbons (Fsp3) is 0.667. The lowest BCUT2D eigenvalue weighted by Crippen LogP contribution is -2.16. The molecule has 0 aliphatic carbocycles. The quantitative estimate of drug-likeness (QED) is 0.741. The Morgan fingerprint density at radius 2 is 1.93 bits per heavy atom. The summed E-state index contributed by atoms with van der Waals surface area (Å²) in [6, 6.07) is 0. The third kappa shape index (κ3) is 3.93. The van der Waals surface area contributed by atoms with Gasteiger partial charge in [-0.25, -0.2) is 0 Å². The van der Waals surface area contributed by atoms with Crippen LogP contribution in [0.15, 0.2) is 4.42 Å². The number of ether oxygens (including phenoxy) is 1. The van der Waals surface area contributed by atoms with Crippen LogP contribution in [0.1, 0.15) is 11.8 Å². The van der Waals surface area contributed by atoms with Crippen molar-refractivity contribution >= 4 is 11.6 Å². The van der Waals surface area contributed by atoms with Gasteiger partial charge in [0, 0.05) is 0 Å². The summed E-state index contributed by atoms with van der Waals surface area (Å²) in [7, 11) is 0. The fourth-order valence-corrected chi connectivity index (χ4v) is 0.763. The van der Waals surface area contributed by atoms with Gasteiger partial charge in [-0.2, -0.15) is 13.2 Å². The van der Waals surface area contributed by atoms with E-state index in [-0.39, 0.29) is 24.3 Å². The molecule has 0 aliphatic rings. The van der Waals surface area contributed by atoms with Gasteiger partial charge in [-0.3, -0.25) is 0 Å². The van der Waals surface area contributed by atoms with Crippen molar-refractivity contribution in [2.24, 2.45) is 0 Å². The molecule has 0 aromatic carbocycles. The highest BCUT2D eigenvalue weighted by Gasteiger charge is 2.27. The molecule has 4 nitrogen and oxygen atoms in total. The highest BCUT2D eigenvalue weighted by atomic mass is 35.5. The Morgan fingerprint density at radius 1 is 1.29 bits per heavy atom. The van der Waals surface area contributed by atoms with Crippen LogP contribution < -0.4 is 0 Å². The average molecular weight is 231 g/mol. The Bertz CT molecular complexity index is 289. The van der Waals surface area contributed by atoms with Crippen LogP contribution in [0, 0.1) is 0 Å². The van der Waals surface area contributed by atoms with Crippen LogP contribution in [-0.4, -0.2) is 23.0 Å². The zero-order valence-corrected chi connectivity index (χ0v) is 7.60. The first-order chi connectivity index (χ1) is 6.51. The maximum Gasteiger partial charge on any atom is 0.411 e. The zero-order chi connectivity index (χ0) is 10.6. The maximum atomic E-state index is 11.6. The van der Waals surface area contributed by atoms with E-state index < -0.39 is 12.8 Å². The van der Waals surface area contributed by atoms with Crippen LogP contribution in [0.4, 0.5) is 13.2 Å². The summed E-state index contributed by atoms with van der Waals surface area (Å²) in [5.41, 5.74) is 0. The Hall–Kier alpha value is -0.820. The van der Waals surface area contributed by atoms with E-state index in [1.807, 2.05) is 0 Å². The summed E-state index contributed by atoms with van der Waals surface area (Å²) < 4.78 is 43.9. The summed E-state index contributed by atoms with van der Waals surface area (Å²) in [5, 5.41) is 6.85. The van der Waals surface area contributed by atoms with Gasteiger partial charge >= 0.3 is 6.18 Å². The molecule has 0 unspecified atom stereocenters. The van der Waals surface area contributed by atoms with E-state index in [9.17, 15) is 13.2 Å². The van der Waals surface area contributed by atoms with Crippen LogP contribution in [-0.2, 0) is 17.2 Å². The second-order valence-electron chi connectivity index (χ2n) is 2.33. The molecule has 0 N–H and O–H groups in total. The van der Waals surface area contributed by atoms with Crippen molar-refractivity contribution in [1.29, 1.82) is 0 Å². The van der Waals surface area contributed by atoms with Crippen molar-refractivity contribution in [1.82, 2.24) is 10.2 Å². The van der Waals surface area contributed by atoms with Crippen molar-refractivity contribution in [3.63, 3.8) is 0 Å². The van der Waals surface area contributed by atoms with Crippen LogP contribution in [0.5, 0.6) is 0 Å². The van der Waals surface area contributed by atoms with Crippen molar-refractivity contribution < 1.29 is 22.3 Å². The predicted octanol–water partition coefficient (Wildman–Crippen LogP) is 1.89. The SMILES string of the molecule is FC(F)(F)COCc1nnc(CCl)o1. The van der Waals surface area contributed by atoms with Gasteiger partial charge in [0.2, 0.25) is 11.8 Å². The number of hydrogen-bond donors (Lipinski definition) is 0. The predicted molar refractivity (Wildman–Crippen MR) is 39.6 cm³/mol. The molecule has 0 atom stereocenters. The van der Waals surface area contributed by atoms with E-state index in [0.29, 0.717) is 0 Å². The molecule has 0 saturated carbocycles. The average Bonchev–Trinajstić information content (AvgIpc) is 2.50. The summed E-state index contributed by atoms with van der Waals surface area (Å²) in [6.45, 7) is -1.71. The van der Waals surface area contributed by atoms with E-state index in [1.54, 1.807) is 0 Å². The standard InChI is InChI=1S/C6H6ClF3N2O2/c7-1-4-11-12-5(14-4)2-13-3-6(8,9)10/h1-3H2. The molecular formula is C6H6ClF3N2O2. The van der Waals surface area contributed by atoms with E-state index >= 15 is 0 Å². The fourth-order valence-electron chi connectivity index (χ4n) is 0.655. The minimum Gasteiger partial charge on any atom is -0.421 e. The number of rotatable bonds is 4. The molecule has 0 fully saturated rings. The highest BCUT2D eigenvalue weighted by molar-refractivity contribution is 6.16. The minimum atomic E-state index is -4.35. The highest BCUT2D eigenvalue weighted by Crippen LogP contribution is 2.15. The van der Waals surface area contributed by atoms with Crippen molar-refractivity contribution in [2.45, 2.75) is 18.7 Å². The Balaban J connectivity index is 2.31. The van der Waals surface area contributed by atoms with Gasteiger partial charge in [-0.15, -0.1) is 21.8 Å². The Labute approximate surface area is 82.0 Å². The molecule has 0 saturated heterocycles. The first-order valence-corrected chi connectivity index (χ1v) is 4.06. The molecule has 1 aromatic rings. The van der Waals surface area contributed by atoms with Crippen LogP contribution in [0.3, 0.4) is 0 Å². The third-order valence-corrected chi connectivity index (χ3v) is 1.34. The van der Waals surface area contributed by atoms with Crippen molar-refractivity contribution in [3.8, 4) is 0 Å². The molecular weight excluding hydrogens is 225 g/mol. The Morgan fingerprint density at radius 3 is 2.43 bits per heavy atom. The second kappa shape index (κ2) is 4.61. The summed E-state index contributed by atoms with van der Waals surface area (Å²) in [5.74, 6) is 0.147. The lowest BCUT2D eigenvalue weighted by Gasteiger charge is -2.04. The van der Waals surface area contributed by atoms with Crippen molar-refractivity contribution in [2.75, 3.05) is 6.61 Å². The number of alkyl halides is 4. The largest absolute Gasteiger partial charge is 0.421 e. The van der Waals surface area contributed by atoms with Gasteiger partial charge in [0.15, 0.2) is 0 Å². The summed E-state index contributed by atoms with van der Waals surface area (Å²) >= 11 is 5.33. The molecule has 1 heterocycles. The van der Waals surface area contributed by atoms with Crippen molar-refractivity contribution in [3.05, 3.63) is 11.8 Å². The molecule has 0 spiro atoms. The van der Waals surface area contributed by atoms with Crippen LogP contribution >= 0.6 is 11.6 Å². The number of aromatic nitrogens is 2. The van der Waals surface area contributed by atoms with Gasteiger partial charge < -0.3 is 9.15 Å². The molecule has 1 rings (SSSR count). The molecule has 0 radical (unpaired) electrons. The van der Waals surface area contributed by atoms with Gasteiger partial charge in [0.25, 0.3) is 0 Å². The zero-order valence-electron chi connectivity index (χ0n) is 6.84. The topological polar surface area (TPSA) is 48.2 Å². The van der Waals surface area contributed by atoms with Crippen LogP contribution in [0.25, 0.3) is 0 Å². The molecule has 0 bridgehead atoms. The minimum absolute atomic E-state index is 0.0201. The van der Waals surface area contributed by atoms with E-state index in [2.05, 4.69) is 14.9 Å². The van der Waals surface area contributed by atoms with E-state index in [1.165, 1.54) is 0 Å². The second-order valence-corrected chi connectivity index (χ2v) is 2.60. The number of halogens is 4. The number of hydrogen-bond acceptors (Lipinski definition) is 4. The molecule has 0 amide bonds. The van der Waals surface area contributed by atoms with Gasteiger partial charge in [0.05, 0.1) is 0 Å². The van der Waals surface area contributed by atoms with E-state index in [0.717, 1.165) is 0 Å². The first-order valence-electron chi connectivity index (χ1n) is 3.53. The Kier molecular flexibility index (Phi) is 3.70. The maximum absolute atomic E-state index is 11.6. The van der Waals surface area contributed by atoms with Crippen LogP contribution in [0.2, 0.25) is 0 Å². The van der Waals surface area contributed by atoms with E-state index in [4.69, 9.17) is 16.0 Å². The van der Waals surface area contributed by atoms with Gasteiger partial charge in [-0.05, 0) is 0 Å². The lowest BCUT2D eigenvalue weighted by molar-refractivity contribution is -0.177. The number of nitrogens with zero attached hydrogens (tertiary/aromatic N) is 2. The monoisotopic (exact) mass is 230 g/mol. The molecule has 80 valence electrons. The normalized spacial score (nSPS) is 12.0. The molecule has 1 aromatic heterocycles. The third-order valence-electron chi connectivity index (χ3n) is 1.11. The van der Waals surface area contributed by atoms with Gasteiger partial charge in [-0.1, -0.05) is 0 Å². The summed E-state index contributed by atoms with van der Waals surface area (Å²) in [6.07, 6.45) is -4.35. The molecule has 8 heteroatoms. The summed E-state index contributed by atoms with van der Waals surface area (Å²) in [4.78, 5) is 0. The van der Waals surface area contributed by atoms with Gasteiger partial charge in [0.1, 0.15) is 19.1 Å². The molecule has 0 aliphatic heterocycles. The lowest BCUT2D eigenvalue weighted by atomic mass is 10.6. The first kappa shape index (κ1) is 11.3. The molecule has 14 heavy (non-hydrogen) atoms.